The van der Waals surface area contributed by atoms with Crippen molar-refractivity contribution in [1.29, 1.82) is 0 Å². The van der Waals surface area contributed by atoms with E-state index in [-0.39, 0.29) is 12.0 Å². The predicted octanol–water partition coefficient (Wildman–Crippen LogP) is 9.13. The molecule has 0 aliphatic rings. The Morgan fingerprint density at radius 1 is 0.846 bits per heavy atom. The first-order chi connectivity index (χ1) is 18.9. The maximum Gasteiger partial charge on any atom is 0.326 e. The fourth-order valence-corrected chi connectivity index (χ4v) is 4.97. The molecule has 0 saturated heterocycles. The van der Waals surface area contributed by atoms with Crippen molar-refractivity contribution in [2.45, 2.75) is 36.0 Å². The summed E-state index contributed by atoms with van der Waals surface area (Å²) in [6, 6.07) is 30.1. The molecule has 8 heteroatoms. The zero-order chi connectivity index (χ0) is 27.6. The Labute approximate surface area is 243 Å². The van der Waals surface area contributed by atoms with Gasteiger partial charge >= 0.3 is 12.0 Å². The smallest absolute Gasteiger partial charge is 0.326 e. The number of carbonyl (C=O) groups excluding carboxylic acids is 2. The molecule has 0 aliphatic heterocycles. The number of anilines is 2. The molecule has 1 N–H and O–H groups in total. The molecule has 0 aromatic heterocycles. The van der Waals surface area contributed by atoms with E-state index in [1.807, 2.05) is 73.7 Å². The second-order valence-electron chi connectivity index (χ2n) is 8.71. The van der Waals surface area contributed by atoms with Gasteiger partial charge in [0.2, 0.25) is 0 Å². The minimum absolute atomic E-state index is 0.230. The molecule has 0 fully saturated rings. The average Bonchev–Trinajstić information content (AvgIpc) is 2.94. The molecule has 5 nitrogen and oxygen atoms in total. The first-order valence-corrected chi connectivity index (χ1v) is 14.2. The molecule has 4 aromatic rings. The van der Waals surface area contributed by atoms with Crippen LogP contribution in [0.25, 0.3) is 0 Å². The number of hydrogen-bond acceptors (Lipinski definition) is 4. The predicted molar refractivity (Wildman–Crippen MR) is 161 cm³/mol. The van der Waals surface area contributed by atoms with Crippen LogP contribution in [-0.4, -0.2) is 18.5 Å². The van der Waals surface area contributed by atoms with E-state index < -0.39 is 0 Å². The third-order valence-corrected chi connectivity index (χ3v) is 7.63. The molecule has 0 saturated carbocycles. The van der Waals surface area contributed by atoms with E-state index >= 15 is 0 Å². The van der Waals surface area contributed by atoms with E-state index in [1.165, 1.54) is 0 Å². The van der Waals surface area contributed by atoms with Gasteiger partial charge in [0.25, 0.3) is 0 Å². The van der Waals surface area contributed by atoms with Gasteiger partial charge < -0.3 is 10.1 Å². The highest BCUT2D eigenvalue weighted by Crippen LogP contribution is 2.32. The highest BCUT2D eigenvalue weighted by atomic mass is 35.5. The number of esters is 1. The SMILES string of the molecule is CCCC(=O)Oc1ccc(Sc2ccc(N(CCc3ccccc3)C(=O)Nc3cccc(Cl)c3Cl)cc2)cc1. The third kappa shape index (κ3) is 8.27. The van der Waals surface area contributed by atoms with Gasteiger partial charge in [-0.25, -0.2) is 4.79 Å². The van der Waals surface area contributed by atoms with Crippen molar-refractivity contribution in [2.75, 3.05) is 16.8 Å². The Balaban J connectivity index is 1.47. The van der Waals surface area contributed by atoms with Crippen molar-refractivity contribution < 1.29 is 14.3 Å². The number of nitrogens with zero attached hydrogens (tertiary/aromatic N) is 1. The van der Waals surface area contributed by atoms with E-state index in [0.29, 0.717) is 40.9 Å². The van der Waals surface area contributed by atoms with Crippen LogP contribution < -0.4 is 15.0 Å². The Morgan fingerprint density at radius 2 is 1.51 bits per heavy atom. The summed E-state index contributed by atoms with van der Waals surface area (Å²) in [4.78, 5) is 28.8. The summed E-state index contributed by atoms with van der Waals surface area (Å²) in [7, 11) is 0. The lowest BCUT2D eigenvalue weighted by molar-refractivity contribution is -0.134. The van der Waals surface area contributed by atoms with Crippen LogP contribution in [0, 0.1) is 0 Å². The summed E-state index contributed by atoms with van der Waals surface area (Å²) in [6.07, 6.45) is 1.83. The van der Waals surface area contributed by atoms with Crippen LogP contribution >= 0.6 is 35.0 Å². The molecule has 2 amide bonds. The highest BCUT2D eigenvalue weighted by molar-refractivity contribution is 7.99. The average molecular weight is 580 g/mol. The second kappa shape index (κ2) is 14.1. The van der Waals surface area contributed by atoms with Crippen molar-refractivity contribution >= 4 is 58.3 Å². The molecular formula is C31H28Cl2N2O3S. The minimum Gasteiger partial charge on any atom is -0.427 e. The Kier molecular flexibility index (Phi) is 10.3. The maximum atomic E-state index is 13.4. The second-order valence-corrected chi connectivity index (χ2v) is 10.6. The van der Waals surface area contributed by atoms with Gasteiger partial charge in [-0.2, -0.15) is 0 Å². The largest absolute Gasteiger partial charge is 0.427 e. The molecule has 4 rings (SSSR count). The van der Waals surface area contributed by atoms with Crippen LogP contribution in [0.15, 0.2) is 107 Å². The first-order valence-electron chi connectivity index (χ1n) is 12.6. The van der Waals surface area contributed by atoms with Gasteiger partial charge in [0.05, 0.1) is 15.7 Å². The minimum atomic E-state index is -0.302. The van der Waals surface area contributed by atoms with Crippen molar-refractivity contribution in [3.63, 3.8) is 0 Å². The van der Waals surface area contributed by atoms with E-state index in [4.69, 9.17) is 27.9 Å². The molecule has 0 atom stereocenters. The third-order valence-electron chi connectivity index (χ3n) is 5.80. The van der Waals surface area contributed by atoms with Crippen LogP contribution in [0.1, 0.15) is 25.3 Å². The Bertz CT molecular complexity index is 1400. The summed E-state index contributed by atoms with van der Waals surface area (Å²) < 4.78 is 5.33. The van der Waals surface area contributed by atoms with Gasteiger partial charge in [-0.1, -0.05) is 78.3 Å². The van der Waals surface area contributed by atoms with Crippen molar-refractivity contribution in [1.82, 2.24) is 0 Å². The number of amides is 2. The van der Waals surface area contributed by atoms with E-state index in [1.54, 1.807) is 47.0 Å². The normalized spacial score (nSPS) is 10.6. The van der Waals surface area contributed by atoms with E-state index in [9.17, 15) is 9.59 Å². The van der Waals surface area contributed by atoms with Crippen LogP contribution in [0.3, 0.4) is 0 Å². The van der Waals surface area contributed by atoms with Gasteiger partial charge in [0, 0.05) is 28.4 Å². The summed E-state index contributed by atoms with van der Waals surface area (Å²) in [5.74, 6) is 0.306. The van der Waals surface area contributed by atoms with Crippen molar-refractivity contribution in [2.24, 2.45) is 0 Å². The lowest BCUT2D eigenvalue weighted by Gasteiger charge is -2.24. The molecule has 0 bridgehead atoms. The number of ether oxygens (including phenoxy) is 1. The molecule has 0 aliphatic carbocycles. The standard InChI is InChI=1S/C31H28Cl2N2O3S/c1-2-7-29(36)38-24-14-18-26(19-15-24)39-25-16-12-23(13-17-25)35(21-20-22-8-4-3-5-9-22)31(37)34-28-11-6-10-27(32)30(28)33/h3-6,8-19H,2,7,20-21H2,1H3,(H,34,37). The molecule has 0 unspecified atom stereocenters. The van der Waals surface area contributed by atoms with Crippen LogP contribution in [0.5, 0.6) is 5.75 Å². The highest BCUT2D eigenvalue weighted by Gasteiger charge is 2.18. The van der Waals surface area contributed by atoms with Crippen molar-refractivity contribution in [3.05, 3.63) is 113 Å². The van der Waals surface area contributed by atoms with Gasteiger partial charge in [0.1, 0.15) is 5.75 Å². The summed E-state index contributed by atoms with van der Waals surface area (Å²) >= 11 is 14.0. The van der Waals surface area contributed by atoms with Gasteiger partial charge in [0.15, 0.2) is 0 Å². The molecule has 200 valence electrons. The first kappa shape index (κ1) is 28.6. The van der Waals surface area contributed by atoms with Crippen LogP contribution in [0.2, 0.25) is 10.0 Å². The zero-order valence-corrected chi connectivity index (χ0v) is 23.7. The van der Waals surface area contributed by atoms with Crippen LogP contribution in [0.4, 0.5) is 16.2 Å². The monoisotopic (exact) mass is 578 g/mol. The van der Waals surface area contributed by atoms with Crippen LogP contribution in [-0.2, 0) is 11.2 Å². The van der Waals surface area contributed by atoms with Gasteiger partial charge in [-0.05, 0) is 79.1 Å². The molecule has 0 radical (unpaired) electrons. The lowest BCUT2D eigenvalue weighted by atomic mass is 10.1. The molecule has 0 spiro atoms. The molecule has 4 aromatic carbocycles. The van der Waals surface area contributed by atoms with E-state index in [0.717, 1.165) is 27.5 Å². The summed E-state index contributed by atoms with van der Waals surface area (Å²) in [5, 5.41) is 3.57. The van der Waals surface area contributed by atoms with Crippen molar-refractivity contribution in [3.8, 4) is 5.75 Å². The Morgan fingerprint density at radius 3 is 2.18 bits per heavy atom. The number of rotatable bonds is 10. The zero-order valence-electron chi connectivity index (χ0n) is 21.4. The van der Waals surface area contributed by atoms with E-state index in [2.05, 4.69) is 5.32 Å². The number of benzene rings is 4. The molecule has 0 heterocycles. The number of urea groups is 1. The number of hydrogen-bond donors (Lipinski definition) is 1. The number of nitrogens with one attached hydrogen (secondary N) is 1. The summed E-state index contributed by atoms with van der Waals surface area (Å²) in [6.45, 7) is 2.41. The number of halogens is 2. The Hall–Kier alpha value is -3.45. The fraction of sp³-hybridized carbons (Fsp3) is 0.161. The molecule has 39 heavy (non-hydrogen) atoms. The topological polar surface area (TPSA) is 58.6 Å². The lowest BCUT2D eigenvalue weighted by Crippen LogP contribution is -2.36. The fourth-order valence-electron chi connectivity index (χ4n) is 3.81. The van der Waals surface area contributed by atoms with Gasteiger partial charge in [-0.3, -0.25) is 9.69 Å². The quantitative estimate of drug-likeness (QED) is 0.150. The molecular weight excluding hydrogens is 551 g/mol. The summed E-state index contributed by atoms with van der Waals surface area (Å²) in [5.41, 5.74) is 2.34. The van der Waals surface area contributed by atoms with Gasteiger partial charge in [-0.15, -0.1) is 0 Å². The number of carbonyl (C=O) groups is 2. The maximum absolute atomic E-state index is 13.4.